The lowest BCUT2D eigenvalue weighted by Gasteiger charge is -2.22. The number of carbonyl (C=O) groups is 1. The summed E-state index contributed by atoms with van der Waals surface area (Å²) in [5.41, 5.74) is 0.259. The van der Waals surface area contributed by atoms with Crippen LogP contribution in [0.5, 0.6) is 0 Å². The summed E-state index contributed by atoms with van der Waals surface area (Å²) in [5, 5.41) is 9.04. The fraction of sp³-hybridized carbons (Fsp3) is 0.286. The molecule has 1 saturated carbocycles. The van der Waals surface area contributed by atoms with Crippen molar-refractivity contribution in [3.8, 4) is 0 Å². The first-order valence-corrected chi connectivity index (χ1v) is 6.22. The van der Waals surface area contributed by atoms with Crippen molar-refractivity contribution in [2.24, 2.45) is 0 Å². The van der Waals surface area contributed by atoms with E-state index >= 15 is 0 Å². The number of nitrogens with zero attached hydrogens (tertiary/aromatic N) is 2. The largest absolute Gasteiger partial charge is 0.478 e. The lowest BCUT2D eigenvalue weighted by molar-refractivity contribution is 0.0697. The van der Waals surface area contributed by atoms with E-state index in [-0.39, 0.29) is 5.56 Å². The highest BCUT2D eigenvalue weighted by Gasteiger charge is 2.30. The van der Waals surface area contributed by atoms with Crippen LogP contribution in [-0.4, -0.2) is 22.1 Å². The number of hydrogen-bond donors (Lipinski definition) is 1. The number of carboxylic acids is 1. The Morgan fingerprint density at radius 2 is 2.32 bits per heavy atom. The van der Waals surface area contributed by atoms with Crippen LogP contribution < -0.4 is 4.90 Å². The molecule has 0 amide bonds. The minimum atomic E-state index is -0.933. The zero-order chi connectivity index (χ0) is 13.2. The Morgan fingerprint density at radius 3 is 2.95 bits per heavy atom. The molecule has 0 atom stereocenters. The van der Waals surface area contributed by atoms with Gasteiger partial charge in [0, 0.05) is 12.2 Å². The second kappa shape index (κ2) is 4.76. The molecule has 2 heterocycles. The van der Waals surface area contributed by atoms with Crippen LogP contribution in [0.1, 0.15) is 29.0 Å². The van der Waals surface area contributed by atoms with Gasteiger partial charge in [-0.25, -0.2) is 9.78 Å². The van der Waals surface area contributed by atoms with Gasteiger partial charge < -0.3 is 14.4 Å². The summed E-state index contributed by atoms with van der Waals surface area (Å²) in [6.45, 7) is 0.619. The van der Waals surface area contributed by atoms with Crippen molar-refractivity contribution >= 4 is 11.8 Å². The number of aromatic nitrogens is 1. The van der Waals surface area contributed by atoms with Crippen molar-refractivity contribution in [1.29, 1.82) is 0 Å². The monoisotopic (exact) mass is 258 g/mol. The minimum absolute atomic E-state index is 0.259. The number of aromatic carboxylic acids is 1. The van der Waals surface area contributed by atoms with E-state index in [2.05, 4.69) is 9.88 Å². The van der Waals surface area contributed by atoms with Gasteiger partial charge in [0.1, 0.15) is 11.6 Å². The van der Waals surface area contributed by atoms with E-state index in [9.17, 15) is 4.79 Å². The molecular formula is C14H14N2O3. The van der Waals surface area contributed by atoms with Crippen molar-refractivity contribution in [1.82, 2.24) is 4.98 Å². The third-order valence-electron chi connectivity index (χ3n) is 3.18. The third-order valence-corrected chi connectivity index (χ3v) is 3.18. The maximum atomic E-state index is 11.0. The lowest BCUT2D eigenvalue weighted by atomic mass is 10.2. The Kier molecular flexibility index (Phi) is 2.95. The van der Waals surface area contributed by atoms with Gasteiger partial charge in [-0.15, -0.1) is 0 Å². The summed E-state index contributed by atoms with van der Waals surface area (Å²) in [6.07, 6.45) is 5.40. The molecule has 3 rings (SSSR count). The average Bonchev–Trinajstić information content (AvgIpc) is 3.13. The first kappa shape index (κ1) is 11.8. The molecule has 1 fully saturated rings. The predicted octanol–water partition coefficient (Wildman–Crippen LogP) is 2.54. The molecular weight excluding hydrogens is 244 g/mol. The zero-order valence-electron chi connectivity index (χ0n) is 10.3. The Hall–Kier alpha value is -2.30. The van der Waals surface area contributed by atoms with Crippen LogP contribution in [0.25, 0.3) is 0 Å². The van der Waals surface area contributed by atoms with E-state index in [4.69, 9.17) is 9.52 Å². The molecule has 0 radical (unpaired) electrons. The molecule has 0 bridgehead atoms. The van der Waals surface area contributed by atoms with Crippen molar-refractivity contribution < 1.29 is 14.3 Å². The standard InChI is InChI=1S/C14H14N2O3/c17-14(18)10-5-6-15-13(8-10)16(11-3-4-11)9-12-2-1-7-19-12/h1-2,5-8,11H,3-4,9H2,(H,17,18). The van der Waals surface area contributed by atoms with Crippen molar-refractivity contribution in [2.75, 3.05) is 4.90 Å². The first-order chi connectivity index (χ1) is 9.24. The summed E-state index contributed by atoms with van der Waals surface area (Å²) in [4.78, 5) is 17.4. The quantitative estimate of drug-likeness (QED) is 0.892. The molecule has 2 aromatic heterocycles. The molecule has 0 aromatic carbocycles. The highest BCUT2D eigenvalue weighted by Crippen LogP contribution is 2.32. The second-order valence-corrected chi connectivity index (χ2v) is 4.65. The fourth-order valence-corrected chi connectivity index (χ4v) is 2.06. The topological polar surface area (TPSA) is 66.6 Å². The zero-order valence-corrected chi connectivity index (χ0v) is 10.3. The average molecular weight is 258 g/mol. The molecule has 5 nitrogen and oxygen atoms in total. The van der Waals surface area contributed by atoms with Gasteiger partial charge in [0.05, 0.1) is 18.4 Å². The van der Waals surface area contributed by atoms with E-state index in [1.54, 1.807) is 12.3 Å². The highest BCUT2D eigenvalue weighted by atomic mass is 16.4. The molecule has 98 valence electrons. The number of furan rings is 1. The molecule has 0 saturated heterocycles. The number of hydrogen-bond acceptors (Lipinski definition) is 4. The van der Waals surface area contributed by atoms with Gasteiger partial charge in [0.25, 0.3) is 0 Å². The van der Waals surface area contributed by atoms with Crippen molar-refractivity contribution in [3.05, 3.63) is 48.0 Å². The van der Waals surface area contributed by atoms with Gasteiger partial charge >= 0.3 is 5.97 Å². The summed E-state index contributed by atoms with van der Waals surface area (Å²) in [5.74, 6) is 0.616. The Morgan fingerprint density at radius 1 is 1.47 bits per heavy atom. The van der Waals surface area contributed by atoms with Crippen molar-refractivity contribution in [3.63, 3.8) is 0 Å². The smallest absolute Gasteiger partial charge is 0.335 e. The third kappa shape index (κ3) is 2.59. The van der Waals surface area contributed by atoms with Gasteiger partial charge in [-0.05, 0) is 37.1 Å². The number of carboxylic acid groups (broad SMARTS) is 1. The SMILES string of the molecule is O=C(O)c1ccnc(N(Cc2ccco2)C2CC2)c1. The molecule has 1 aliphatic rings. The Balaban J connectivity index is 1.87. The van der Waals surface area contributed by atoms with E-state index < -0.39 is 5.97 Å². The van der Waals surface area contributed by atoms with Gasteiger partial charge in [-0.1, -0.05) is 0 Å². The molecule has 0 unspecified atom stereocenters. The van der Waals surface area contributed by atoms with Crippen LogP contribution in [0.3, 0.4) is 0 Å². The number of pyridine rings is 1. The van der Waals surface area contributed by atoms with Gasteiger partial charge in [0.15, 0.2) is 0 Å². The summed E-state index contributed by atoms with van der Waals surface area (Å²) in [7, 11) is 0. The molecule has 1 aliphatic carbocycles. The Bertz CT molecular complexity index is 576. The van der Waals surface area contributed by atoms with Crippen molar-refractivity contribution in [2.45, 2.75) is 25.4 Å². The summed E-state index contributed by atoms with van der Waals surface area (Å²) >= 11 is 0. The second-order valence-electron chi connectivity index (χ2n) is 4.65. The lowest BCUT2D eigenvalue weighted by Crippen LogP contribution is -2.26. The molecule has 19 heavy (non-hydrogen) atoms. The van der Waals surface area contributed by atoms with Crippen LogP contribution in [0.4, 0.5) is 5.82 Å². The van der Waals surface area contributed by atoms with Gasteiger partial charge in [-0.3, -0.25) is 0 Å². The fourth-order valence-electron chi connectivity index (χ4n) is 2.06. The molecule has 0 spiro atoms. The Labute approximate surface area is 110 Å². The predicted molar refractivity (Wildman–Crippen MR) is 69.1 cm³/mol. The van der Waals surface area contributed by atoms with Crippen LogP contribution in [0.2, 0.25) is 0 Å². The maximum absolute atomic E-state index is 11.0. The van der Waals surface area contributed by atoms with Crippen LogP contribution in [0.15, 0.2) is 41.1 Å². The van der Waals surface area contributed by atoms with Crippen LogP contribution in [-0.2, 0) is 6.54 Å². The van der Waals surface area contributed by atoms with E-state index in [0.717, 1.165) is 18.6 Å². The number of rotatable bonds is 5. The van der Waals surface area contributed by atoms with Crippen LogP contribution >= 0.6 is 0 Å². The molecule has 5 heteroatoms. The normalized spacial score (nSPS) is 14.3. The van der Waals surface area contributed by atoms with Gasteiger partial charge in [-0.2, -0.15) is 0 Å². The molecule has 1 N–H and O–H groups in total. The van der Waals surface area contributed by atoms with Gasteiger partial charge in [0.2, 0.25) is 0 Å². The number of anilines is 1. The minimum Gasteiger partial charge on any atom is -0.478 e. The summed E-state index contributed by atoms with van der Waals surface area (Å²) in [6, 6.07) is 7.31. The highest BCUT2D eigenvalue weighted by molar-refractivity contribution is 5.88. The maximum Gasteiger partial charge on any atom is 0.335 e. The summed E-state index contributed by atoms with van der Waals surface area (Å²) < 4.78 is 5.36. The first-order valence-electron chi connectivity index (χ1n) is 6.22. The van der Waals surface area contributed by atoms with E-state index in [1.165, 1.54) is 12.3 Å². The molecule has 2 aromatic rings. The van der Waals surface area contributed by atoms with E-state index in [1.807, 2.05) is 12.1 Å². The van der Waals surface area contributed by atoms with E-state index in [0.29, 0.717) is 18.4 Å². The van der Waals surface area contributed by atoms with Crippen LogP contribution in [0, 0.1) is 0 Å². The molecule has 0 aliphatic heterocycles.